The van der Waals surface area contributed by atoms with E-state index in [2.05, 4.69) is 0 Å². The second-order valence-corrected chi connectivity index (χ2v) is 5.37. The highest BCUT2D eigenvalue weighted by atomic mass is 16.5. The summed E-state index contributed by atoms with van der Waals surface area (Å²) in [7, 11) is 0. The molecule has 0 aromatic heterocycles. The molecule has 0 saturated heterocycles. The molecule has 1 heterocycles. The van der Waals surface area contributed by atoms with Crippen molar-refractivity contribution in [3.8, 4) is 11.5 Å². The topological polar surface area (TPSA) is 49.7 Å². The van der Waals surface area contributed by atoms with E-state index in [0.29, 0.717) is 6.42 Å². The van der Waals surface area contributed by atoms with E-state index in [4.69, 9.17) is 4.74 Å². The summed E-state index contributed by atoms with van der Waals surface area (Å²) in [5.74, 6) is 0.978. The number of aromatic hydroxyl groups is 1. The van der Waals surface area contributed by atoms with Crippen LogP contribution in [0.3, 0.4) is 0 Å². The van der Waals surface area contributed by atoms with Crippen LogP contribution >= 0.6 is 0 Å². The van der Waals surface area contributed by atoms with E-state index < -0.39 is 11.7 Å². The molecule has 0 aliphatic carbocycles. The maximum Gasteiger partial charge on any atom is 0.129 e. The van der Waals surface area contributed by atoms with Crippen LogP contribution in [-0.2, 0) is 0 Å². The van der Waals surface area contributed by atoms with E-state index in [1.807, 2.05) is 39.8 Å². The summed E-state index contributed by atoms with van der Waals surface area (Å²) in [5, 5.41) is 20.0. The van der Waals surface area contributed by atoms with Crippen molar-refractivity contribution in [1.29, 1.82) is 0 Å². The zero-order chi connectivity index (χ0) is 13.5. The van der Waals surface area contributed by atoms with Gasteiger partial charge in [0.1, 0.15) is 17.1 Å². The van der Waals surface area contributed by atoms with Crippen molar-refractivity contribution in [2.45, 2.75) is 45.8 Å². The number of aryl methyl sites for hydroxylation is 1. The molecule has 3 heteroatoms. The van der Waals surface area contributed by atoms with Crippen molar-refractivity contribution in [3.63, 3.8) is 0 Å². The molecule has 2 N–H and O–H groups in total. The van der Waals surface area contributed by atoms with Gasteiger partial charge in [-0.25, -0.2) is 0 Å². The third-order valence-corrected chi connectivity index (χ3v) is 3.58. The van der Waals surface area contributed by atoms with Gasteiger partial charge in [-0.2, -0.15) is 0 Å². The van der Waals surface area contributed by atoms with Gasteiger partial charge in [-0.3, -0.25) is 0 Å². The van der Waals surface area contributed by atoms with Crippen molar-refractivity contribution < 1.29 is 14.9 Å². The second-order valence-electron chi connectivity index (χ2n) is 5.37. The van der Waals surface area contributed by atoms with Gasteiger partial charge >= 0.3 is 0 Å². The predicted molar refractivity (Wildman–Crippen MR) is 71.8 cm³/mol. The third kappa shape index (κ3) is 2.10. The SMILES string of the molecule is C/C=C1/C[C@@H](O)C(C)(C)Oc2cc(C)c(O)cc21. The molecule has 2 rings (SSSR count). The molecule has 0 saturated carbocycles. The van der Waals surface area contributed by atoms with E-state index in [-0.39, 0.29) is 5.75 Å². The van der Waals surface area contributed by atoms with E-state index >= 15 is 0 Å². The van der Waals surface area contributed by atoms with Crippen LogP contribution in [0.15, 0.2) is 18.2 Å². The van der Waals surface area contributed by atoms with E-state index in [9.17, 15) is 10.2 Å². The Hall–Kier alpha value is -1.48. The highest BCUT2D eigenvalue weighted by molar-refractivity contribution is 5.73. The average molecular weight is 248 g/mol. The lowest BCUT2D eigenvalue weighted by molar-refractivity contribution is -0.0219. The first-order valence-corrected chi connectivity index (χ1v) is 6.21. The van der Waals surface area contributed by atoms with Crippen molar-refractivity contribution in [3.05, 3.63) is 29.3 Å². The molecular weight excluding hydrogens is 228 g/mol. The smallest absolute Gasteiger partial charge is 0.129 e. The number of fused-ring (bicyclic) bond motifs is 1. The number of hydrogen-bond acceptors (Lipinski definition) is 3. The maximum atomic E-state index is 10.2. The summed E-state index contributed by atoms with van der Waals surface area (Å²) in [5.41, 5.74) is 2.00. The predicted octanol–water partition coefficient (Wildman–Crippen LogP) is 3.03. The number of aliphatic hydroxyl groups excluding tert-OH is 1. The van der Waals surface area contributed by atoms with Crippen molar-refractivity contribution in [2.75, 3.05) is 0 Å². The Morgan fingerprint density at radius 1 is 1.39 bits per heavy atom. The summed E-state index contributed by atoms with van der Waals surface area (Å²) >= 11 is 0. The number of aliphatic hydroxyl groups is 1. The Morgan fingerprint density at radius 2 is 2.06 bits per heavy atom. The lowest BCUT2D eigenvalue weighted by Gasteiger charge is -2.29. The number of rotatable bonds is 0. The molecule has 0 bridgehead atoms. The Bertz CT molecular complexity index is 501. The molecule has 1 aliphatic heterocycles. The minimum absolute atomic E-state index is 0.255. The standard InChI is InChI=1S/C15H20O3/c1-5-10-7-14(17)15(3,4)18-13-6-9(2)12(16)8-11(10)13/h5-6,8,14,16-17H,7H2,1-4H3/b10-5-/t14-/m1/s1. The molecule has 1 atom stereocenters. The Labute approximate surface area is 108 Å². The van der Waals surface area contributed by atoms with Crippen LogP contribution in [-0.4, -0.2) is 21.9 Å². The highest BCUT2D eigenvalue weighted by Crippen LogP contribution is 2.40. The fourth-order valence-corrected chi connectivity index (χ4v) is 2.19. The van der Waals surface area contributed by atoms with Crippen LogP contribution in [0.2, 0.25) is 0 Å². The first kappa shape index (κ1) is 13.0. The highest BCUT2D eigenvalue weighted by Gasteiger charge is 2.35. The Balaban J connectivity index is 2.61. The van der Waals surface area contributed by atoms with Gasteiger partial charge in [0.05, 0.1) is 6.10 Å². The van der Waals surface area contributed by atoms with Crippen LogP contribution in [0, 0.1) is 6.92 Å². The number of ether oxygens (including phenoxy) is 1. The lowest BCUT2D eigenvalue weighted by Crippen LogP contribution is -2.40. The summed E-state index contributed by atoms with van der Waals surface area (Å²) in [6.45, 7) is 7.52. The average Bonchev–Trinajstić information content (AvgIpc) is 2.37. The Kier molecular flexibility index (Phi) is 3.11. The molecule has 18 heavy (non-hydrogen) atoms. The minimum atomic E-state index is -0.636. The van der Waals surface area contributed by atoms with Gasteiger partial charge in [0.15, 0.2) is 0 Å². The molecule has 1 aliphatic rings. The van der Waals surface area contributed by atoms with Gasteiger partial charge in [0, 0.05) is 12.0 Å². The molecular formula is C15H20O3. The fourth-order valence-electron chi connectivity index (χ4n) is 2.19. The van der Waals surface area contributed by atoms with Gasteiger partial charge in [-0.05, 0) is 51.0 Å². The van der Waals surface area contributed by atoms with E-state index in [1.165, 1.54) is 0 Å². The van der Waals surface area contributed by atoms with Gasteiger partial charge in [-0.15, -0.1) is 0 Å². The Morgan fingerprint density at radius 3 is 2.67 bits per heavy atom. The number of hydrogen-bond donors (Lipinski definition) is 2. The summed E-state index contributed by atoms with van der Waals surface area (Å²) in [6, 6.07) is 3.54. The zero-order valence-electron chi connectivity index (χ0n) is 11.3. The second kappa shape index (κ2) is 4.32. The van der Waals surface area contributed by atoms with Crippen LogP contribution in [0.4, 0.5) is 0 Å². The molecule has 1 aromatic carbocycles. The summed E-state index contributed by atoms with van der Waals surface area (Å²) < 4.78 is 5.92. The van der Waals surface area contributed by atoms with Crippen molar-refractivity contribution in [2.24, 2.45) is 0 Å². The number of allylic oxidation sites excluding steroid dienone is 1. The summed E-state index contributed by atoms with van der Waals surface area (Å²) in [4.78, 5) is 0. The van der Waals surface area contributed by atoms with Gasteiger partial charge in [0.25, 0.3) is 0 Å². The van der Waals surface area contributed by atoms with Crippen LogP contribution < -0.4 is 4.74 Å². The summed E-state index contributed by atoms with van der Waals surface area (Å²) in [6.07, 6.45) is 1.92. The maximum absolute atomic E-state index is 10.2. The third-order valence-electron chi connectivity index (χ3n) is 3.58. The molecule has 0 fully saturated rings. The van der Waals surface area contributed by atoms with Crippen LogP contribution in [0.25, 0.3) is 5.57 Å². The lowest BCUT2D eigenvalue weighted by atomic mass is 9.93. The molecule has 0 spiro atoms. The monoisotopic (exact) mass is 248 g/mol. The van der Waals surface area contributed by atoms with Gasteiger partial charge < -0.3 is 14.9 Å². The first-order valence-electron chi connectivity index (χ1n) is 6.21. The zero-order valence-corrected chi connectivity index (χ0v) is 11.3. The fraction of sp³-hybridized carbons (Fsp3) is 0.467. The van der Waals surface area contributed by atoms with E-state index in [0.717, 1.165) is 22.4 Å². The van der Waals surface area contributed by atoms with E-state index in [1.54, 1.807) is 6.07 Å². The quantitative estimate of drug-likeness (QED) is 0.742. The first-order chi connectivity index (χ1) is 8.35. The normalized spacial score (nSPS) is 24.3. The molecule has 3 nitrogen and oxygen atoms in total. The molecule has 0 radical (unpaired) electrons. The molecule has 1 aromatic rings. The van der Waals surface area contributed by atoms with Crippen LogP contribution in [0.5, 0.6) is 11.5 Å². The van der Waals surface area contributed by atoms with Gasteiger partial charge in [-0.1, -0.05) is 6.08 Å². The van der Waals surface area contributed by atoms with Crippen LogP contribution in [0.1, 0.15) is 38.3 Å². The number of benzene rings is 1. The van der Waals surface area contributed by atoms with Crippen molar-refractivity contribution in [1.82, 2.24) is 0 Å². The number of phenols is 1. The molecule has 0 unspecified atom stereocenters. The number of phenolic OH excluding ortho intramolecular Hbond substituents is 1. The molecule has 0 amide bonds. The minimum Gasteiger partial charge on any atom is -0.508 e. The van der Waals surface area contributed by atoms with Crippen molar-refractivity contribution >= 4 is 5.57 Å². The van der Waals surface area contributed by atoms with Gasteiger partial charge in [0.2, 0.25) is 0 Å². The largest absolute Gasteiger partial charge is 0.508 e. The molecule has 98 valence electrons.